The summed E-state index contributed by atoms with van der Waals surface area (Å²) in [7, 11) is 2.04. The Bertz CT molecular complexity index is 448. The lowest BCUT2D eigenvalue weighted by molar-refractivity contribution is -0.899. The summed E-state index contributed by atoms with van der Waals surface area (Å²) in [5.41, 5.74) is 0.549. The van der Waals surface area contributed by atoms with Gasteiger partial charge in [-0.1, -0.05) is 23.2 Å². The third-order valence-corrected chi connectivity index (χ3v) is 3.94. The number of aliphatic imine (C=N–C) groups is 1. The van der Waals surface area contributed by atoms with Crippen molar-refractivity contribution in [2.75, 3.05) is 26.7 Å². The van der Waals surface area contributed by atoms with Crippen LogP contribution in [0.15, 0.2) is 23.2 Å². The lowest BCUT2D eigenvalue weighted by Gasteiger charge is -2.34. The summed E-state index contributed by atoms with van der Waals surface area (Å²) in [6.45, 7) is 6.33. The number of benzene rings is 1. The van der Waals surface area contributed by atoms with Crippen LogP contribution in [0.5, 0.6) is 0 Å². The van der Waals surface area contributed by atoms with Crippen LogP contribution in [0.2, 0.25) is 10.0 Å². The first-order valence-electron chi connectivity index (χ1n) is 5.93. The van der Waals surface area contributed by atoms with Crippen molar-refractivity contribution in [1.29, 1.82) is 0 Å². The van der Waals surface area contributed by atoms with Gasteiger partial charge in [-0.3, -0.25) is 4.99 Å². The highest BCUT2D eigenvalue weighted by atomic mass is 127. The highest BCUT2D eigenvalue weighted by molar-refractivity contribution is 14.0. The van der Waals surface area contributed by atoms with Gasteiger partial charge in [0.1, 0.15) is 6.54 Å². The summed E-state index contributed by atoms with van der Waals surface area (Å²) in [6, 6.07) is 4.93. The summed E-state index contributed by atoms with van der Waals surface area (Å²) < 4.78 is 0.684. The SMILES string of the molecule is CC[N+](C)(CC)CC([O-])=Nc1ccc(Cl)c(Cl)c1.I. The van der Waals surface area contributed by atoms with Crippen LogP contribution in [0.3, 0.4) is 0 Å². The standard InChI is InChI=1S/C13H18Cl2N2O.HI/c1-4-17(3,5-2)9-13(18)16-10-6-7-11(14)12(15)8-10;/h6-8H,4-5,9H2,1-3H3;1H. The third-order valence-electron chi connectivity index (χ3n) is 3.20. The van der Waals surface area contributed by atoms with Gasteiger partial charge in [-0.2, -0.15) is 0 Å². The van der Waals surface area contributed by atoms with E-state index in [9.17, 15) is 5.11 Å². The Morgan fingerprint density at radius 1 is 1.21 bits per heavy atom. The first-order valence-corrected chi connectivity index (χ1v) is 6.69. The van der Waals surface area contributed by atoms with E-state index in [1.807, 2.05) is 7.05 Å². The van der Waals surface area contributed by atoms with Gasteiger partial charge in [-0.15, -0.1) is 24.0 Å². The van der Waals surface area contributed by atoms with Crippen LogP contribution in [0, 0.1) is 0 Å². The van der Waals surface area contributed by atoms with Crippen molar-refractivity contribution >= 4 is 58.8 Å². The maximum atomic E-state index is 11.9. The van der Waals surface area contributed by atoms with Crippen molar-refractivity contribution in [3.63, 3.8) is 0 Å². The highest BCUT2D eigenvalue weighted by Gasteiger charge is 2.15. The van der Waals surface area contributed by atoms with Crippen molar-refractivity contribution in [2.45, 2.75) is 13.8 Å². The van der Waals surface area contributed by atoms with E-state index < -0.39 is 0 Å². The van der Waals surface area contributed by atoms with Gasteiger partial charge in [-0.25, -0.2) is 0 Å². The number of nitrogens with zero attached hydrogens (tertiary/aromatic N) is 2. The van der Waals surface area contributed by atoms with Crippen LogP contribution in [-0.2, 0) is 0 Å². The molecule has 0 saturated carbocycles. The molecule has 0 bridgehead atoms. The van der Waals surface area contributed by atoms with Gasteiger partial charge in [-0.05, 0) is 32.0 Å². The highest BCUT2D eigenvalue weighted by Crippen LogP contribution is 2.26. The zero-order valence-corrected chi connectivity index (χ0v) is 15.2. The molecule has 0 aliphatic heterocycles. The molecule has 0 aliphatic rings. The van der Waals surface area contributed by atoms with E-state index in [2.05, 4.69) is 18.8 Å². The Balaban J connectivity index is 0.00000324. The molecule has 0 aromatic heterocycles. The normalized spacial score (nSPS) is 12.2. The van der Waals surface area contributed by atoms with E-state index in [-0.39, 0.29) is 29.9 Å². The maximum absolute atomic E-state index is 11.9. The van der Waals surface area contributed by atoms with E-state index >= 15 is 0 Å². The van der Waals surface area contributed by atoms with Crippen molar-refractivity contribution in [3.8, 4) is 0 Å². The fraction of sp³-hybridized carbons (Fsp3) is 0.462. The van der Waals surface area contributed by atoms with Crippen LogP contribution >= 0.6 is 47.2 Å². The molecule has 0 fully saturated rings. The molecule has 108 valence electrons. The van der Waals surface area contributed by atoms with Crippen LogP contribution < -0.4 is 5.11 Å². The van der Waals surface area contributed by atoms with Crippen LogP contribution in [0.25, 0.3) is 0 Å². The van der Waals surface area contributed by atoms with E-state index in [1.165, 1.54) is 0 Å². The average molecular weight is 417 g/mol. The second-order valence-electron chi connectivity index (χ2n) is 4.51. The summed E-state index contributed by atoms with van der Waals surface area (Å²) in [6.07, 6.45) is 0. The molecule has 1 aromatic carbocycles. The zero-order chi connectivity index (χ0) is 13.8. The number of hydrogen-bond donors (Lipinski definition) is 0. The summed E-state index contributed by atoms with van der Waals surface area (Å²) in [5.74, 6) is -0.139. The molecule has 0 atom stereocenters. The average Bonchev–Trinajstić information content (AvgIpc) is 2.33. The maximum Gasteiger partial charge on any atom is 0.107 e. The molecule has 0 aliphatic carbocycles. The number of hydrogen-bond acceptors (Lipinski definition) is 2. The lowest BCUT2D eigenvalue weighted by atomic mass is 10.3. The predicted molar refractivity (Wildman–Crippen MR) is 91.1 cm³/mol. The largest absolute Gasteiger partial charge is 0.858 e. The minimum atomic E-state index is -0.139. The molecule has 0 spiro atoms. The molecular formula is C13H19Cl2IN2O. The van der Waals surface area contributed by atoms with Crippen LogP contribution in [-0.4, -0.2) is 37.1 Å². The monoisotopic (exact) mass is 416 g/mol. The summed E-state index contributed by atoms with van der Waals surface area (Å²) >= 11 is 11.7. The van der Waals surface area contributed by atoms with E-state index in [4.69, 9.17) is 23.2 Å². The molecule has 1 rings (SSSR count). The Labute approximate surface area is 141 Å². The van der Waals surface area contributed by atoms with Gasteiger partial charge in [0.2, 0.25) is 0 Å². The minimum Gasteiger partial charge on any atom is -0.858 e. The van der Waals surface area contributed by atoms with Gasteiger partial charge >= 0.3 is 0 Å². The number of quaternary nitrogens is 1. The van der Waals surface area contributed by atoms with Gasteiger partial charge in [0.15, 0.2) is 0 Å². The predicted octanol–water partition coefficient (Wildman–Crippen LogP) is 3.49. The van der Waals surface area contributed by atoms with Crippen molar-refractivity contribution in [2.24, 2.45) is 4.99 Å². The molecule has 0 amide bonds. The topological polar surface area (TPSA) is 35.4 Å². The fourth-order valence-electron chi connectivity index (χ4n) is 1.51. The first-order chi connectivity index (χ1) is 8.40. The summed E-state index contributed by atoms with van der Waals surface area (Å²) in [5, 5.41) is 12.8. The third kappa shape index (κ3) is 5.85. The van der Waals surface area contributed by atoms with Crippen LogP contribution in [0.1, 0.15) is 13.8 Å². The lowest BCUT2D eigenvalue weighted by Crippen LogP contribution is -2.49. The molecule has 0 heterocycles. The van der Waals surface area contributed by atoms with Crippen LogP contribution in [0.4, 0.5) is 5.69 Å². The number of likely N-dealkylation sites (N-methyl/N-ethyl adjacent to an activating group) is 1. The number of halogens is 3. The molecule has 19 heavy (non-hydrogen) atoms. The molecule has 3 nitrogen and oxygen atoms in total. The Kier molecular flexibility index (Phi) is 8.27. The van der Waals surface area contributed by atoms with Crippen molar-refractivity contribution in [3.05, 3.63) is 28.2 Å². The molecule has 1 aromatic rings. The van der Waals surface area contributed by atoms with E-state index in [1.54, 1.807) is 18.2 Å². The number of rotatable bonds is 5. The van der Waals surface area contributed by atoms with E-state index in [0.29, 0.717) is 26.8 Å². The molecule has 0 N–H and O–H groups in total. The van der Waals surface area contributed by atoms with Crippen molar-refractivity contribution < 1.29 is 9.59 Å². The quantitative estimate of drug-likeness (QED) is 0.313. The Hall–Kier alpha value is -0.0400. The smallest absolute Gasteiger partial charge is 0.107 e. The summed E-state index contributed by atoms with van der Waals surface area (Å²) in [4.78, 5) is 4.04. The van der Waals surface area contributed by atoms with E-state index in [0.717, 1.165) is 13.1 Å². The van der Waals surface area contributed by atoms with Gasteiger partial charge in [0, 0.05) is 5.90 Å². The molecule has 0 unspecified atom stereocenters. The van der Waals surface area contributed by atoms with Gasteiger partial charge < -0.3 is 9.59 Å². The van der Waals surface area contributed by atoms with Gasteiger partial charge in [0.25, 0.3) is 0 Å². The Morgan fingerprint density at radius 2 is 1.79 bits per heavy atom. The Morgan fingerprint density at radius 3 is 2.26 bits per heavy atom. The first kappa shape index (κ1) is 19.0. The fourth-order valence-corrected chi connectivity index (χ4v) is 1.80. The minimum absolute atomic E-state index is 0. The van der Waals surface area contributed by atoms with Gasteiger partial charge in [0.05, 0.1) is 35.9 Å². The zero-order valence-electron chi connectivity index (χ0n) is 11.3. The molecule has 0 radical (unpaired) electrons. The molecular weight excluding hydrogens is 398 g/mol. The van der Waals surface area contributed by atoms with Crippen molar-refractivity contribution in [1.82, 2.24) is 0 Å². The molecule has 6 heteroatoms. The second kappa shape index (κ2) is 8.29. The second-order valence-corrected chi connectivity index (χ2v) is 5.33. The molecule has 0 saturated heterocycles.